The molecule has 0 saturated heterocycles. The molecule has 1 aromatic carbocycles. The van der Waals surface area contributed by atoms with Gasteiger partial charge in [-0.25, -0.2) is 0 Å². The average Bonchev–Trinajstić information content (AvgIpc) is 2.60. The molecule has 25 heavy (non-hydrogen) atoms. The topological polar surface area (TPSA) is 114 Å². The maximum atomic E-state index is 12.0. The lowest BCUT2D eigenvalue weighted by Crippen LogP contribution is -2.18. The number of hydrogen-bond acceptors (Lipinski definition) is 6. The lowest BCUT2D eigenvalue weighted by molar-refractivity contribution is -0.136. The van der Waals surface area contributed by atoms with Gasteiger partial charge in [0.05, 0.1) is 19.6 Å². The highest BCUT2D eigenvalue weighted by Crippen LogP contribution is 2.32. The van der Waals surface area contributed by atoms with Crippen molar-refractivity contribution in [3.05, 3.63) is 34.2 Å². The highest BCUT2D eigenvalue weighted by Gasteiger charge is 2.13. The second-order valence-corrected chi connectivity index (χ2v) is 5.55. The van der Waals surface area contributed by atoms with Gasteiger partial charge in [-0.3, -0.25) is 9.59 Å². The standard InChI is InChI=1S/C17H21N3O5/c1-4-10(2)25-13-7-5-11(9-14(13)24-3)16-18-17(23)12(19-20-16)6-8-15(21)22/h5,7,9-10H,4,6,8H2,1-3H3,(H,21,22)(H,18,20,23). The quantitative estimate of drug-likeness (QED) is 0.751. The molecule has 0 amide bonds. The molecule has 0 saturated carbocycles. The number of carbonyl (C=O) groups is 1. The zero-order valence-electron chi connectivity index (χ0n) is 14.4. The van der Waals surface area contributed by atoms with Crippen molar-refractivity contribution in [2.75, 3.05) is 7.11 Å². The molecule has 2 N–H and O–H groups in total. The molecule has 1 unspecified atom stereocenters. The first-order chi connectivity index (χ1) is 11.9. The van der Waals surface area contributed by atoms with Crippen LogP contribution >= 0.6 is 0 Å². The molecule has 2 rings (SSSR count). The number of nitrogens with zero attached hydrogens (tertiary/aromatic N) is 2. The summed E-state index contributed by atoms with van der Waals surface area (Å²) in [6, 6.07) is 5.20. The highest BCUT2D eigenvalue weighted by molar-refractivity contribution is 5.67. The number of hydrogen-bond donors (Lipinski definition) is 2. The number of H-pyrrole nitrogens is 1. The molecule has 0 fully saturated rings. The Morgan fingerprint density at radius 2 is 2.08 bits per heavy atom. The van der Waals surface area contributed by atoms with E-state index < -0.39 is 11.5 Å². The van der Waals surface area contributed by atoms with Crippen LogP contribution in [0.25, 0.3) is 11.4 Å². The van der Waals surface area contributed by atoms with Gasteiger partial charge in [0.15, 0.2) is 17.3 Å². The second kappa shape index (κ2) is 8.27. The second-order valence-electron chi connectivity index (χ2n) is 5.55. The Morgan fingerprint density at radius 3 is 2.68 bits per heavy atom. The predicted molar refractivity (Wildman–Crippen MR) is 91.0 cm³/mol. The molecule has 8 nitrogen and oxygen atoms in total. The van der Waals surface area contributed by atoms with E-state index in [0.717, 1.165) is 6.42 Å². The summed E-state index contributed by atoms with van der Waals surface area (Å²) in [5.41, 5.74) is 0.253. The molecule has 134 valence electrons. The van der Waals surface area contributed by atoms with Crippen molar-refractivity contribution in [1.82, 2.24) is 15.2 Å². The summed E-state index contributed by atoms with van der Waals surface area (Å²) in [7, 11) is 1.53. The third-order valence-corrected chi connectivity index (χ3v) is 3.68. The summed E-state index contributed by atoms with van der Waals surface area (Å²) in [5, 5.41) is 16.5. The van der Waals surface area contributed by atoms with Crippen LogP contribution in [0.5, 0.6) is 11.5 Å². The van der Waals surface area contributed by atoms with Crippen molar-refractivity contribution in [2.24, 2.45) is 0 Å². The molecule has 0 aliphatic carbocycles. The van der Waals surface area contributed by atoms with Crippen molar-refractivity contribution >= 4 is 5.97 Å². The Kier molecular flexibility index (Phi) is 6.10. The number of aliphatic carboxylic acids is 1. The predicted octanol–water partition coefficient (Wildman–Crippen LogP) is 2.03. The van der Waals surface area contributed by atoms with Crippen LogP contribution in [0.15, 0.2) is 23.0 Å². The van der Waals surface area contributed by atoms with E-state index in [0.29, 0.717) is 17.1 Å². The SMILES string of the molecule is CCC(C)Oc1ccc(-c2nnc(CCC(=O)O)c(=O)[nH]2)cc1OC. The van der Waals surface area contributed by atoms with Gasteiger partial charge in [0.1, 0.15) is 5.69 Å². The van der Waals surface area contributed by atoms with Gasteiger partial charge in [-0.2, -0.15) is 0 Å². The minimum absolute atomic E-state index is 0.0307. The number of carboxylic acids is 1. The van der Waals surface area contributed by atoms with Gasteiger partial charge in [-0.05, 0) is 31.5 Å². The molecular formula is C17H21N3O5. The number of methoxy groups -OCH3 is 1. The largest absolute Gasteiger partial charge is 0.493 e. The molecule has 1 heterocycles. The minimum Gasteiger partial charge on any atom is -0.493 e. The van der Waals surface area contributed by atoms with E-state index in [1.807, 2.05) is 13.8 Å². The van der Waals surface area contributed by atoms with E-state index in [1.54, 1.807) is 18.2 Å². The number of aromatic nitrogens is 3. The number of benzene rings is 1. The van der Waals surface area contributed by atoms with Crippen LogP contribution in [0.4, 0.5) is 0 Å². The summed E-state index contributed by atoms with van der Waals surface area (Å²) >= 11 is 0. The Labute approximate surface area is 144 Å². The van der Waals surface area contributed by atoms with Crippen molar-refractivity contribution in [2.45, 2.75) is 39.2 Å². The fourth-order valence-electron chi connectivity index (χ4n) is 2.09. The van der Waals surface area contributed by atoms with Gasteiger partial charge in [0, 0.05) is 12.0 Å². The van der Waals surface area contributed by atoms with Gasteiger partial charge in [-0.1, -0.05) is 6.92 Å². The molecule has 0 radical (unpaired) electrons. The molecule has 0 aliphatic rings. The number of rotatable bonds is 8. The number of aryl methyl sites for hydroxylation is 1. The lowest BCUT2D eigenvalue weighted by Gasteiger charge is -2.16. The summed E-state index contributed by atoms with van der Waals surface area (Å²) in [4.78, 5) is 25.2. The Bertz CT molecular complexity index is 803. The third kappa shape index (κ3) is 4.79. The van der Waals surface area contributed by atoms with Crippen molar-refractivity contribution < 1.29 is 19.4 Å². The fourth-order valence-corrected chi connectivity index (χ4v) is 2.09. The van der Waals surface area contributed by atoms with Crippen LogP contribution in [0.2, 0.25) is 0 Å². The number of ether oxygens (including phenoxy) is 2. The maximum Gasteiger partial charge on any atom is 0.303 e. The monoisotopic (exact) mass is 347 g/mol. The molecule has 0 spiro atoms. The van der Waals surface area contributed by atoms with Gasteiger partial charge < -0.3 is 19.6 Å². The zero-order valence-corrected chi connectivity index (χ0v) is 14.4. The zero-order chi connectivity index (χ0) is 18.4. The van der Waals surface area contributed by atoms with Gasteiger partial charge in [-0.15, -0.1) is 10.2 Å². The van der Waals surface area contributed by atoms with E-state index >= 15 is 0 Å². The highest BCUT2D eigenvalue weighted by atomic mass is 16.5. The van der Waals surface area contributed by atoms with Crippen LogP contribution in [0.1, 0.15) is 32.4 Å². The van der Waals surface area contributed by atoms with E-state index in [4.69, 9.17) is 14.6 Å². The van der Waals surface area contributed by atoms with Crippen LogP contribution in [-0.4, -0.2) is 39.5 Å². The molecule has 1 aromatic heterocycles. The Morgan fingerprint density at radius 1 is 1.32 bits per heavy atom. The minimum atomic E-state index is -0.994. The van der Waals surface area contributed by atoms with E-state index in [1.165, 1.54) is 7.11 Å². The maximum absolute atomic E-state index is 12.0. The van der Waals surface area contributed by atoms with Crippen LogP contribution < -0.4 is 15.0 Å². The van der Waals surface area contributed by atoms with Gasteiger partial charge in [0.2, 0.25) is 0 Å². The number of aromatic amines is 1. The van der Waals surface area contributed by atoms with Crippen LogP contribution in [0, 0.1) is 0 Å². The first-order valence-electron chi connectivity index (χ1n) is 7.97. The molecular weight excluding hydrogens is 326 g/mol. The van der Waals surface area contributed by atoms with Crippen molar-refractivity contribution in [1.29, 1.82) is 0 Å². The van der Waals surface area contributed by atoms with Crippen molar-refractivity contribution in [3.63, 3.8) is 0 Å². The normalized spacial score (nSPS) is 11.8. The lowest BCUT2D eigenvalue weighted by atomic mass is 10.2. The Balaban J connectivity index is 2.27. The van der Waals surface area contributed by atoms with Crippen LogP contribution in [0.3, 0.4) is 0 Å². The van der Waals surface area contributed by atoms with E-state index in [2.05, 4.69) is 15.2 Å². The summed E-state index contributed by atoms with van der Waals surface area (Å²) in [5.74, 6) is 0.411. The number of nitrogens with one attached hydrogen (secondary N) is 1. The van der Waals surface area contributed by atoms with Crippen LogP contribution in [-0.2, 0) is 11.2 Å². The van der Waals surface area contributed by atoms with E-state index in [9.17, 15) is 9.59 Å². The fraction of sp³-hybridized carbons (Fsp3) is 0.412. The van der Waals surface area contributed by atoms with E-state index in [-0.39, 0.29) is 30.5 Å². The average molecular weight is 347 g/mol. The summed E-state index contributed by atoms with van der Waals surface area (Å²) in [6.45, 7) is 3.99. The first-order valence-corrected chi connectivity index (χ1v) is 7.97. The molecule has 8 heteroatoms. The summed E-state index contributed by atoms with van der Waals surface area (Å²) in [6.07, 6.45) is 0.768. The third-order valence-electron chi connectivity index (χ3n) is 3.68. The number of carboxylic acid groups (broad SMARTS) is 1. The molecule has 2 aromatic rings. The first kappa shape index (κ1) is 18.4. The smallest absolute Gasteiger partial charge is 0.303 e. The molecule has 0 aliphatic heterocycles. The van der Waals surface area contributed by atoms with Gasteiger partial charge in [0.25, 0.3) is 5.56 Å². The molecule has 1 atom stereocenters. The molecule has 0 bridgehead atoms. The Hall–Kier alpha value is -2.90. The summed E-state index contributed by atoms with van der Waals surface area (Å²) < 4.78 is 11.1. The van der Waals surface area contributed by atoms with Gasteiger partial charge >= 0.3 is 5.97 Å². The van der Waals surface area contributed by atoms with Crippen molar-refractivity contribution in [3.8, 4) is 22.9 Å².